The van der Waals surface area contributed by atoms with Gasteiger partial charge in [-0.2, -0.15) is 0 Å². The second kappa shape index (κ2) is 14.6. The van der Waals surface area contributed by atoms with E-state index >= 15 is 0 Å². The topological polar surface area (TPSA) is 127 Å². The largest absolute Gasteiger partial charge is 0.451 e. The third-order valence-corrected chi connectivity index (χ3v) is 9.14. The van der Waals surface area contributed by atoms with E-state index in [4.69, 9.17) is 17.3 Å². The summed E-state index contributed by atoms with van der Waals surface area (Å²) in [6, 6.07) is 14.1. The first-order valence-electron chi connectivity index (χ1n) is 15.0. The minimum Gasteiger partial charge on any atom is -0.394 e. The Kier molecular flexibility index (Phi) is 10.9. The van der Waals surface area contributed by atoms with Crippen molar-refractivity contribution in [1.29, 1.82) is 0 Å². The molecule has 1 unspecified atom stereocenters. The van der Waals surface area contributed by atoms with Crippen LogP contribution >= 0.6 is 11.6 Å². The molecule has 43 heavy (non-hydrogen) atoms. The van der Waals surface area contributed by atoms with Gasteiger partial charge in [0.2, 0.25) is 5.91 Å². The standard InChI is InChI=1S/C34H41ClN4O4/c1-23(33(41)39(42)43)25-10-8-24(9-11-25)22-31(32(40)38-29-14-12-28(35)13-15-29)34(36)19-16-27(17-20-34)30(18-21-37-2)26-6-4-3-5-7-26/h4,6,8-15,18,21,23,27,31,37H,3,5,7,16-17,19-20,22,36H2,1-2H3,(H,38,40)/b21-18-,30-26+/t23?,27?,31-,34?/m0/s1. The number of nitrogens with zero attached hydrogens (tertiary/aromatic N) is 1. The van der Waals surface area contributed by atoms with Gasteiger partial charge in [-0.1, -0.05) is 48.0 Å². The van der Waals surface area contributed by atoms with Crippen molar-refractivity contribution >= 4 is 29.1 Å². The maximum Gasteiger partial charge on any atom is 0.451 e. The minimum absolute atomic E-state index is 0.159. The normalized spacial score (nSPS) is 22.9. The summed E-state index contributed by atoms with van der Waals surface area (Å²) in [5.41, 5.74) is 11.2. The van der Waals surface area contributed by atoms with Crippen LogP contribution in [0.25, 0.3) is 0 Å². The van der Waals surface area contributed by atoms with Gasteiger partial charge in [0, 0.05) is 23.3 Å². The summed E-state index contributed by atoms with van der Waals surface area (Å²) in [5, 5.41) is 17.7. The lowest BCUT2D eigenvalue weighted by atomic mass is 9.66. The second-order valence-electron chi connectivity index (χ2n) is 11.7. The Morgan fingerprint density at radius 2 is 1.81 bits per heavy atom. The molecule has 2 atom stereocenters. The summed E-state index contributed by atoms with van der Waals surface area (Å²) in [6.45, 7) is 1.52. The maximum absolute atomic E-state index is 13.9. The molecule has 4 N–H and O–H groups in total. The van der Waals surface area contributed by atoms with Crippen molar-refractivity contribution < 1.29 is 14.5 Å². The Bertz CT molecular complexity index is 1390. The van der Waals surface area contributed by atoms with Gasteiger partial charge < -0.3 is 16.4 Å². The minimum atomic E-state index is -1.05. The summed E-state index contributed by atoms with van der Waals surface area (Å²) in [6.07, 6.45) is 15.6. The van der Waals surface area contributed by atoms with Crippen molar-refractivity contribution in [3.8, 4) is 0 Å². The van der Waals surface area contributed by atoms with E-state index in [9.17, 15) is 19.7 Å². The molecule has 0 bridgehead atoms. The van der Waals surface area contributed by atoms with Crippen LogP contribution in [0.15, 0.2) is 84.1 Å². The molecule has 0 radical (unpaired) electrons. The number of anilines is 1. The molecule has 2 aliphatic carbocycles. The third-order valence-electron chi connectivity index (χ3n) is 8.88. The van der Waals surface area contributed by atoms with Crippen LogP contribution in [0.5, 0.6) is 0 Å². The Morgan fingerprint density at radius 3 is 2.40 bits per heavy atom. The molecule has 228 valence electrons. The van der Waals surface area contributed by atoms with Gasteiger partial charge >= 0.3 is 5.91 Å². The highest BCUT2D eigenvalue weighted by molar-refractivity contribution is 6.30. The number of carbonyl (C=O) groups excluding carboxylic acids is 2. The number of benzene rings is 2. The summed E-state index contributed by atoms with van der Waals surface area (Å²) in [7, 11) is 1.90. The zero-order chi connectivity index (χ0) is 31.0. The van der Waals surface area contributed by atoms with Gasteiger partial charge in [0.15, 0.2) is 0 Å². The van der Waals surface area contributed by atoms with Gasteiger partial charge in [0.05, 0.1) is 5.92 Å². The van der Waals surface area contributed by atoms with E-state index in [1.807, 2.05) is 25.4 Å². The smallest absolute Gasteiger partial charge is 0.394 e. The predicted octanol–water partition coefficient (Wildman–Crippen LogP) is 6.70. The van der Waals surface area contributed by atoms with Gasteiger partial charge in [-0.3, -0.25) is 14.9 Å². The number of amides is 2. The fraction of sp³-hybridized carbons (Fsp3) is 0.412. The van der Waals surface area contributed by atoms with Crippen molar-refractivity contribution in [2.45, 2.75) is 69.7 Å². The number of nitrogens with two attached hydrogens (primary N) is 1. The van der Waals surface area contributed by atoms with Crippen molar-refractivity contribution in [2.75, 3.05) is 12.4 Å². The molecule has 9 heteroatoms. The van der Waals surface area contributed by atoms with Crippen molar-refractivity contribution in [3.05, 3.63) is 110 Å². The number of hydrogen-bond acceptors (Lipinski definition) is 6. The third kappa shape index (κ3) is 8.21. The highest BCUT2D eigenvalue weighted by Gasteiger charge is 2.43. The summed E-state index contributed by atoms with van der Waals surface area (Å²) >= 11 is 6.05. The summed E-state index contributed by atoms with van der Waals surface area (Å²) < 4.78 is 0. The molecule has 2 amide bonds. The first kappa shape index (κ1) is 32.2. The number of allylic oxidation sites excluding steroid dienone is 5. The van der Waals surface area contributed by atoms with Crippen LogP contribution in [0.4, 0.5) is 5.69 Å². The van der Waals surface area contributed by atoms with Crippen molar-refractivity contribution in [2.24, 2.45) is 17.6 Å². The van der Waals surface area contributed by atoms with Crippen LogP contribution in [0.1, 0.15) is 68.9 Å². The van der Waals surface area contributed by atoms with Gasteiger partial charge in [0.1, 0.15) is 10.8 Å². The Hall–Kier alpha value is -3.75. The number of nitro groups is 1. The molecule has 2 aromatic rings. The molecule has 0 aromatic heterocycles. The molecule has 4 rings (SSSR count). The fourth-order valence-corrected chi connectivity index (χ4v) is 6.38. The van der Waals surface area contributed by atoms with Crippen LogP contribution in [-0.2, 0) is 16.0 Å². The number of nitrogens with one attached hydrogen (secondary N) is 2. The molecule has 0 spiro atoms. The molecule has 0 aliphatic heterocycles. The zero-order valence-electron chi connectivity index (χ0n) is 24.9. The van der Waals surface area contributed by atoms with E-state index in [-0.39, 0.29) is 5.91 Å². The Balaban J connectivity index is 1.57. The van der Waals surface area contributed by atoms with E-state index < -0.39 is 28.2 Å². The average Bonchev–Trinajstić information content (AvgIpc) is 3.02. The molecule has 8 nitrogen and oxygen atoms in total. The lowest BCUT2D eigenvalue weighted by Crippen LogP contribution is -2.54. The Labute approximate surface area is 258 Å². The van der Waals surface area contributed by atoms with Crippen LogP contribution in [0.3, 0.4) is 0 Å². The fourth-order valence-electron chi connectivity index (χ4n) is 6.25. The number of halogens is 1. The summed E-state index contributed by atoms with van der Waals surface area (Å²) in [4.78, 5) is 35.8. The quantitative estimate of drug-likeness (QED) is 0.204. The lowest BCUT2D eigenvalue weighted by molar-refractivity contribution is -0.403. The predicted molar refractivity (Wildman–Crippen MR) is 171 cm³/mol. The molecular weight excluding hydrogens is 564 g/mol. The van der Waals surface area contributed by atoms with Gasteiger partial charge in [-0.05, 0) is 123 Å². The van der Waals surface area contributed by atoms with Crippen LogP contribution in [-0.4, -0.2) is 29.3 Å². The van der Waals surface area contributed by atoms with E-state index in [1.165, 1.54) is 18.1 Å². The monoisotopic (exact) mass is 604 g/mol. The highest BCUT2D eigenvalue weighted by atomic mass is 35.5. The molecule has 0 heterocycles. The van der Waals surface area contributed by atoms with Gasteiger partial charge in [-0.25, -0.2) is 4.79 Å². The van der Waals surface area contributed by atoms with Gasteiger partial charge in [-0.15, -0.1) is 0 Å². The van der Waals surface area contributed by atoms with E-state index in [0.29, 0.717) is 41.5 Å². The molecular formula is C34H41ClN4O4. The first-order chi connectivity index (χ1) is 20.6. The molecule has 0 saturated heterocycles. The molecule has 2 aromatic carbocycles. The van der Waals surface area contributed by atoms with Crippen LogP contribution < -0.4 is 16.4 Å². The maximum atomic E-state index is 13.9. The second-order valence-corrected chi connectivity index (χ2v) is 12.2. The van der Waals surface area contributed by atoms with E-state index in [2.05, 4.69) is 28.9 Å². The van der Waals surface area contributed by atoms with Crippen LogP contribution in [0.2, 0.25) is 5.02 Å². The van der Waals surface area contributed by atoms with E-state index in [0.717, 1.165) is 37.7 Å². The lowest BCUT2D eigenvalue weighted by Gasteiger charge is -2.43. The molecule has 1 saturated carbocycles. The number of rotatable bonds is 10. The zero-order valence-corrected chi connectivity index (χ0v) is 25.6. The van der Waals surface area contributed by atoms with Crippen molar-refractivity contribution in [3.63, 3.8) is 0 Å². The number of hydrogen-bond donors (Lipinski definition) is 3. The van der Waals surface area contributed by atoms with Crippen molar-refractivity contribution in [1.82, 2.24) is 5.32 Å². The Morgan fingerprint density at radius 1 is 1.14 bits per heavy atom. The highest BCUT2D eigenvalue weighted by Crippen LogP contribution is 2.42. The first-order valence-corrected chi connectivity index (χ1v) is 15.3. The number of carbonyl (C=O) groups is 2. The average molecular weight is 605 g/mol. The van der Waals surface area contributed by atoms with Gasteiger partial charge in [0.25, 0.3) is 0 Å². The van der Waals surface area contributed by atoms with Crippen LogP contribution in [0, 0.1) is 22.0 Å². The van der Waals surface area contributed by atoms with E-state index in [1.54, 1.807) is 36.4 Å². The molecule has 1 fully saturated rings. The molecule has 2 aliphatic rings. The SMILES string of the molecule is CN/C=C\C(=C1\C=CCCC1)C1CCC(N)([C@@H](Cc2ccc(C(C)C(=O)[N+](=O)[O-])cc2)C(=O)Nc2ccc(Cl)cc2)CC1. The summed E-state index contributed by atoms with van der Waals surface area (Å²) in [5.74, 6) is -2.23.